The number of nitrogens with zero attached hydrogens (tertiary/aromatic N) is 3. The quantitative estimate of drug-likeness (QED) is 0.221. The van der Waals surface area contributed by atoms with Gasteiger partial charge in [0.1, 0.15) is 0 Å². The average molecular weight is 590 g/mol. The van der Waals surface area contributed by atoms with Gasteiger partial charge in [-0.05, 0) is 85.9 Å². The third-order valence-electron chi connectivity index (χ3n) is 6.61. The molecule has 1 amide bonds. The molecule has 7 heteroatoms. The number of likely N-dealkylation sites (N-methyl/N-ethyl adjacent to an activating group) is 2. The van der Waals surface area contributed by atoms with Gasteiger partial charge in [0.2, 0.25) is 5.91 Å². The zero-order chi connectivity index (χ0) is 31.3. The highest BCUT2D eigenvalue weighted by Crippen LogP contribution is 2.23. The van der Waals surface area contributed by atoms with Crippen LogP contribution >= 0.6 is 11.6 Å². The molecule has 1 aliphatic heterocycles. The molecule has 0 saturated carbocycles. The molecule has 0 unspecified atom stereocenters. The second-order valence-corrected chi connectivity index (χ2v) is 10.3. The maximum atomic E-state index is 11.5. The van der Waals surface area contributed by atoms with Gasteiger partial charge in [-0.1, -0.05) is 74.0 Å². The van der Waals surface area contributed by atoms with E-state index in [0.717, 1.165) is 44.0 Å². The van der Waals surface area contributed by atoms with E-state index in [-0.39, 0.29) is 5.91 Å². The van der Waals surface area contributed by atoms with Crippen LogP contribution in [0.2, 0.25) is 5.02 Å². The van der Waals surface area contributed by atoms with E-state index in [2.05, 4.69) is 54.3 Å². The van der Waals surface area contributed by atoms with Crippen LogP contribution in [0, 0.1) is 18.3 Å². The Hall–Kier alpha value is -3.47. The van der Waals surface area contributed by atoms with E-state index < -0.39 is 0 Å². The lowest BCUT2D eigenvalue weighted by Crippen LogP contribution is -2.39. The van der Waals surface area contributed by atoms with E-state index in [1.54, 1.807) is 5.01 Å². The molecule has 0 bridgehead atoms. The Bertz CT molecular complexity index is 1220. The van der Waals surface area contributed by atoms with Gasteiger partial charge in [0.15, 0.2) is 0 Å². The predicted molar refractivity (Wildman–Crippen MR) is 177 cm³/mol. The molecule has 0 atom stereocenters. The van der Waals surface area contributed by atoms with Crippen LogP contribution in [0.3, 0.4) is 0 Å². The number of rotatable bonds is 8. The van der Waals surface area contributed by atoms with Gasteiger partial charge >= 0.3 is 0 Å². The summed E-state index contributed by atoms with van der Waals surface area (Å²) in [7, 11) is 5.73. The summed E-state index contributed by atoms with van der Waals surface area (Å²) >= 11 is 5.85. The number of carbonyl (C=O) groups is 1. The topological polar surface area (TPSA) is 71.4 Å². The van der Waals surface area contributed by atoms with Crippen LogP contribution in [0.25, 0.3) is 0 Å². The Morgan fingerprint density at radius 3 is 2.02 bits per heavy atom. The molecule has 1 aliphatic rings. The molecule has 0 aromatic heterocycles. The Kier molecular flexibility index (Phi) is 18.5. The second kappa shape index (κ2) is 21.3. The summed E-state index contributed by atoms with van der Waals surface area (Å²) in [5.74, 6) is 0.169. The highest BCUT2D eigenvalue weighted by atomic mass is 35.5. The first-order chi connectivity index (χ1) is 20.2. The van der Waals surface area contributed by atoms with Gasteiger partial charge in [0.05, 0.1) is 11.6 Å². The SMILES string of the molecule is C=CCC.CCC(=O)N(C)N1Cc2ccccc2C1.CNCCNC.Cc1ccc(C#N)cc1Cc1ccc(Cl)cc1. The van der Waals surface area contributed by atoms with Gasteiger partial charge in [-0.15, -0.1) is 6.58 Å². The normalized spacial score (nSPS) is 11.3. The average Bonchev–Trinajstić information content (AvgIpc) is 3.46. The lowest BCUT2D eigenvalue weighted by atomic mass is 9.99. The number of hydrazine groups is 1. The number of amides is 1. The maximum Gasteiger partial charge on any atom is 0.236 e. The van der Waals surface area contributed by atoms with Gasteiger partial charge in [0.25, 0.3) is 0 Å². The highest BCUT2D eigenvalue weighted by molar-refractivity contribution is 6.30. The summed E-state index contributed by atoms with van der Waals surface area (Å²) < 4.78 is 0. The van der Waals surface area contributed by atoms with Crippen LogP contribution in [0.1, 0.15) is 60.1 Å². The summed E-state index contributed by atoms with van der Waals surface area (Å²) in [6.07, 6.45) is 4.35. The maximum absolute atomic E-state index is 11.5. The first-order valence-corrected chi connectivity index (χ1v) is 14.8. The molecule has 0 fully saturated rings. The van der Waals surface area contributed by atoms with Gasteiger partial charge in [0, 0.05) is 44.7 Å². The van der Waals surface area contributed by atoms with Crippen LogP contribution < -0.4 is 10.6 Å². The summed E-state index contributed by atoms with van der Waals surface area (Å²) in [6.45, 7) is 13.3. The molecule has 6 nitrogen and oxygen atoms in total. The van der Waals surface area contributed by atoms with Gasteiger partial charge in [-0.3, -0.25) is 9.80 Å². The molecule has 0 radical (unpaired) electrons. The number of allylic oxidation sites excluding steroid dienone is 1. The van der Waals surface area contributed by atoms with Crippen molar-refractivity contribution < 1.29 is 4.79 Å². The zero-order valence-electron chi connectivity index (χ0n) is 26.2. The Balaban J connectivity index is 0.000000321. The number of halogens is 1. The van der Waals surface area contributed by atoms with Crippen molar-refractivity contribution in [3.63, 3.8) is 0 Å². The summed E-state index contributed by atoms with van der Waals surface area (Å²) in [6, 6.07) is 24.1. The number of hydrogen-bond acceptors (Lipinski definition) is 5. The molecule has 0 saturated heterocycles. The van der Waals surface area contributed by atoms with E-state index >= 15 is 0 Å². The minimum atomic E-state index is 0.169. The second-order valence-electron chi connectivity index (χ2n) is 9.82. The predicted octanol–water partition coefficient (Wildman–Crippen LogP) is 6.90. The standard InChI is InChI=1S/C15H12ClN.C12H16N2O.C4H12N2.C4H8/c1-11-2-3-13(10-17)9-14(11)8-12-4-6-15(16)7-5-12;1-3-12(15)13(2)14-8-10-6-4-5-7-11(10)9-14;1-5-3-4-6-2;1-3-4-2/h2-7,9H,8H2,1H3;4-7H,3,8-9H2,1-2H3;5-6H,3-4H2,1-2H3;3H,1,4H2,2H3. The molecule has 2 N–H and O–H groups in total. The first kappa shape index (κ1) is 36.6. The number of nitriles is 1. The number of hydrogen-bond donors (Lipinski definition) is 2. The minimum Gasteiger partial charge on any atom is -0.318 e. The summed E-state index contributed by atoms with van der Waals surface area (Å²) in [4.78, 5) is 11.5. The monoisotopic (exact) mass is 589 g/mol. The molecule has 0 spiro atoms. The third kappa shape index (κ3) is 13.5. The fourth-order valence-electron chi connectivity index (χ4n) is 3.92. The van der Waals surface area contributed by atoms with Crippen molar-refractivity contribution in [2.24, 2.45) is 0 Å². The number of carbonyl (C=O) groups excluding carboxylic acids is 1. The Morgan fingerprint density at radius 1 is 1.02 bits per heavy atom. The molecule has 4 rings (SSSR count). The van der Waals surface area contributed by atoms with Crippen LogP contribution in [0.5, 0.6) is 0 Å². The number of aryl methyl sites for hydroxylation is 1. The fourth-order valence-corrected chi connectivity index (χ4v) is 4.04. The van der Waals surface area contributed by atoms with Gasteiger partial charge < -0.3 is 10.6 Å². The number of nitrogens with one attached hydrogen (secondary N) is 2. The van der Waals surface area contributed by atoms with E-state index in [9.17, 15) is 4.79 Å². The van der Waals surface area contributed by atoms with Gasteiger partial charge in [-0.2, -0.15) is 5.26 Å². The van der Waals surface area contributed by atoms with E-state index in [4.69, 9.17) is 16.9 Å². The molecule has 3 aromatic rings. The molecular weight excluding hydrogens is 542 g/mol. The number of benzene rings is 3. The first-order valence-electron chi connectivity index (χ1n) is 14.5. The van der Waals surface area contributed by atoms with Crippen molar-refractivity contribution in [1.29, 1.82) is 5.26 Å². The number of fused-ring (bicyclic) bond motifs is 1. The molecule has 1 heterocycles. The van der Waals surface area contributed by atoms with Crippen molar-refractivity contribution in [1.82, 2.24) is 20.7 Å². The Morgan fingerprint density at radius 2 is 1.57 bits per heavy atom. The minimum absolute atomic E-state index is 0.169. The lowest BCUT2D eigenvalue weighted by molar-refractivity contribution is -0.146. The molecule has 0 aliphatic carbocycles. The van der Waals surface area contributed by atoms with Crippen molar-refractivity contribution in [2.75, 3.05) is 34.2 Å². The molecule has 226 valence electrons. The molecular formula is C35H48ClN5O. The highest BCUT2D eigenvalue weighted by Gasteiger charge is 2.23. The Labute approximate surface area is 259 Å². The van der Waals surface area contributed by atoms with Crippen molar-refractivity contribution in [2.45, 2.75) is 53.1 Å². The van der Waals surface area contributed by atoms with Crippen LogP contribution in [-0.2, 0) is 24.3 Å². The lowest BCUT2D eigenvalue weighted by Gasteiger charge is -2.27. The van der Waals surface area contributed by atoms with Gasteiger partial charge in [-0.25, -0.2) is 5.01 Å². The summed E-state index contributed by atoms with van der Waals surface area (Å²) in [5.41, 5.74) is 6.96. The van der Waals surface area contributed by atoms with Crippen molar-refractivity contribution in [3.05, 3.63) is 118 Å². The zero-order valence-corrected chi connectivity index (χ0v) is 27.0. The van der Waals surface area contributed by atoms with E-state index in [1.807, 2.05) is 88.7 Å². The fraction of sp³-hybridized carbons (Fsp3) is 0.371. The van der Waals surface area contributed by atoms with Crippen molar-refractivity contribution in [3.8, 4) is 6.07 Å². The molecule has 3 aromatic carbocycles. The smallest absolute Gasteiger partial charge is 0.236 e. The van der Waals surface area contributed by atoms with E-state index in [0.29, 0.717) is 12.0 Å². The largest absolute Gasteiger partial charge is 0.318 e. The van der Waals surface area contributed by atoms with Crippen LogP contribution in [0.4, 0.5) is 0 Å². The van der Waals surface area contributed by atoms with Crippen molar-refractivity contribution >= 4 is 17.5 Å². The van der Waals surface area contributed by atoms with Crippen LogP contribution in [0.15, 0.2) is 79.4 Å². The van der Waals surface area contributed by atoms with Crippen LogP contribution in [-0.4, -0.2) is 50.2 Å². The summed E-state index contributed by atoms with van der Waals surface area (Å²) in [5, 5.41) is 19.5. The third-order valence-corrected chi connectivity index (χ3v) is 6.86. The van der Waals surface area contributed by atoms with E-state index in [1.165, 1.54) is 27.8 Å². The molecule has 42 heavy (non-hydrogen) atoms.